The molecule has 7 heteroatoms. The standard InChI is InChI=1S/C17H27N3O4/c1-11(2)14-19-15(24-20-14)13(12-5-9-22-10-6-12)18-16(21)17(3)7-4-8-23-17/h11-13H,4-10H2,1-3H3,(H,18,21)/t13-,17+/m0/s1. The second-order valence-corrected chi connectivity index (χ2v) is 7.23. The molecule has 1 N–H and O–H groups in total. The van der Waals surface area contributed by atoms with Crippen LogP contribution in [0, 0.1) is 5.92 Å². The van der Waals surface area contributed by atoms with Crippen LogP contribution in [0.25, 0.3) is 0 Å². The molecule has 2 saturated heterocycles. The number of hydrogen-bond acceptors (Lipinski definition) is 6. The molecule has 3 rings (SSSR count). The van der Waals surface area contributed by atoms with Crippen LogP contribution in [0.2, 0.25) is 0 Å². The predicted molar refractivity (Wildman–Crippen MR) is 86.4 cm³/mol. The maximum Gasteiger partial charge on any atom is 0.252 e. The Kier molecular flexibility index (Phi) is 5.20. The zero-order chi connectivity index (χ0) is 17.2. The van der Waals surface area contributed by atoms with Crippen molar-refractivity contribution in [2.75, 3.05) is 19.8 Å². The Morgan fingerprint density at radius 2 is 2.04 bits per heavy atom. The van der Waals surface area contributed by atoms with Crippen molar-refractivity contribution >= 4 is 5.91 Å². The second kappa shape index (κ2) is 7.19. The summed E-state index contributed by atoms with van der Waals surface area (Å²) >= 11 is 0. The summed E-state index contributed by atoms with van der Waals surface area (Å²) in [5.41, 5.74) is -0.760. The minimum Gasteiger partial charge on any atom is -0.381 e. The van der Waals surface area contributed by atoms with Crippen LogP contribution >= 0.6 is 0 Å². The minimum atomic E-state index is -0.760. The fraction of sp³-hybridized carbons (Fsp3) is 0.824. The summed E-state index contributed by atoms with van der Waals surface area (Å²) < 4.78 is 16.6. The Labute approximate surface area is 142 Å². The summed E-state index contributed by atoms with van der Waals surface area (Å²) in [7, 11) is 0. The molecular weight excluding hydrogens is 310 g/mol. The third-order valence-corrected chi connectivity index (χ3v) is 4.96. The van der Waals surface area contributed by atoms with E-state index in [1.165, 1.54) is 0 Å². The Morgan fingerprint density at radius 1 is 1.29 bits per heavy atom. The molecule has 0 unspecified atom stereocenters. The first kappa shape index (κ1) is 17.4. The van der Waals surface area contributed by atoms with E-state index in [4.69, 9.17) is 14.0 Å². The Balaban J connectivity index is 1.79. The largest absolute Gasteiger partial charge is 0.381 e. The highest BCUT2D eigenvalue weighted by molar-refractivity contribution is 5.85. The number of ether oxygens (including phenoxy) is 2. The van der Waals surface area contributed by atoms with Gasteiger partial charge in [-0.05, 0) is 38.5 Å². The normalized spacial score (nSPS) is 26.7. The van der Waals surface area contributed by atoms with E-state index in [2.05, 4.69) is 15.5 Å². The summed E-state index contributed by atoms with van der Waals surface area (Å²) in [4.78, 5) is 17.3. The molecule has 0 radical (unpaired) electrons. The van der Waals surface area contributed by atoms with Gasteiger partial charge in [0, 0.05) is 25.7 Å². The molecule has 1 aromatic rings. The van der Waals surface area contributed by atoms with Crippen LogP contribution in [-0.4, -0.2) is 41.5 Å². The molecule has 7 nitrogen and oxygen atoms in total. The molecule has 2 atom stereocenters. The second-order valence-electron chi connectivity index (χ2n) is 7.23. The number of rotatable bonds is 5. The number of aromatic nitrogens is 2. The van der Waals surface area contributed by atoms with Gasteiger partial charge in [0.25, 0.3) is 5.91 Å². The van der Waals surface area contributed by atoms with E-state index in [0.29, 0.717) is 31.5 Å². The van der Waals surface area contributed by atoms with E-state index in [9.17, 15) is 4.79 Å². The summed E-state index contributed by atoms with van der Waals surface area (Å²) in [5.74, 6) is 1.47. The van der Waals surface area contributed by atoms with E-state index in [1.807, 2.05) is 20.8 Å². The van der Waals surface area contributed by atoms with Gasteiger partial charge >= 0.3 is 0 Å². The highest BCUT2D eigenvalue weighted by Crippen LogP contribution is 2.32. The third-order valence-electron chi connectivity index (χ3n) is 4.96. The van der Waals surface area contributed by atoms with E-state index >= 15 is 0 Å². The lowest BCUT2D eigenvalue weighted by Crippen LogP contribution is -2.47. The first-order valence-electron chi connectivity index (χ1n) is 8.86. The van der Waals surface area contributed by atoms with Crippen LogP contribution < -0.4 is 5.32 Å². The molecule has 134 valence electrons. The van der Waals surface area contributed by atoms with Gasteiger partial charge in [-0.1, -0.05) is 19.0 Å². The van der Waals surface area contributed by atoms with Crippen molar-refractivity contribution in [3.8, 4) is 0 Å². The van der Waals surface area contributed by atoms with Crippen molar-refractivity contribution in [2.45, 2.75) is 64.0 Å². The first-order chi connectivity index (χ1) is 11.5. The number of amides is 1. The van der Waals surface area contributed by atoms with Crippen molar-refractivity contribution in [3.05, 3.63) is 11.7 Å². The fourth-order valence-corrected chi connectivity index (χ4v) is 3.29. The molecule has 0 aliphatic carbocycles. The summed E-state index contributed by atoms with van der Waals surface area (Å²) in [6, 6.07) is -0.289. The quantitative estimate of drug-likeness (QED) is 0.887. The molecule has 24 heavy (non-hydrogen) atoms. The highest BCUT2D eigenvalue weighted by atomic mass is 16.5. The topological polar surface area (TPSA) is 86.5 Å². The number of nitrogens with one attached hydrogen (secondary N) is 1. The first-order valence-corrected chi connectivity index (χ1v) is 8.86. The van der Waals surface area contributed by atoms with Gasteiger partial charge in [-0.3, -0.25) is 4.79 Å². The summed E-state index contributed by atoms with van der Waals surface area (Å²) in [5, 5.41) is 7.18. The van der Waals surface area contributed by atoms with Gasteiger partial charge in [0.2, 0.25) is 5.89 Å². The van der Waals surface area contributed by atoms with Crippen LogP contribution in [0.4, 0.5) is 0 Å². The van der Waals surface area contributed by atoms with Crippen molar-refractivity contribution in [2.24, 2.45) is 5.92 Å². The van der Waals surface area contributed by atoms with Gasteiger partial charge < -0.3 is 19.3 Å². The van der Waals surface area contributed by atoms with Crippen LogP contribution in [0.15, 0.2) is 4.52 Å². The van der Waals surface area contributed by atoms with Crippen molar-refractivity contribution in [3.63, 3.8) is 0 Å². The molecule has 0 aromatic carbocycles. The zero-order valence-corrected chi connectivity index (χ0v) is 14.7. The van der Waals surface area contributed by atoms with Gasteiger partial charge in [0.1, 0.15) is 11.6 Å². The van der Waals surface area contributed by atoms with Crippen molar-refractivity contribution in [1.82, 2.24) is 15.5 Å². The van der Waals surface area contributed by atoms with Crippen molar-refractivity contribution < 1.29 is 18.8 Å². The molecular formula is C17H27N3O4. The number of nitrogens with zero attached hydrogens (tertiary/aromatic N) is 2. The molecule has 0 spiro atoms. The third kappa shape index (κ3) is 3.62. The number of carbonyl (C=O) groups excluding carboxylic acids is 1. The Bertz CT molecular complexity index is 560. The van der Waals surface area contributed by atoms with Crippen LogP contribution in [0.5, 0.6) is 0 Å². The van der Waals surface area contributed by atoms with E-state index < -0.39 is 5.60 Å². The molecule has 0 saturated carbocycles. The summed E-state index contributed by atoms with van der Waals surface area (Å²) in [6.07, 6.45) is 3.37. The van der Waals surface area contributed by atoms with Crippen LogP contribution in [-0.2, 0) is 14.3 Å². The molecule has 2 aliphatic heterocycles. The van der Waals surface area contributed by atoms with E-state index in [-0.39, 0.29) is 23.8 Å². The smallest absolute Gasteiger partial charge is 0.252 e. The maximum atomic E-state index is 12.8. The van der Waals surface area contributed by atoms with Gasteiger partial charge in [-0.15, -0.1) is 0 Å². The van der Waals surface area contributed by atoms with Gasteiger partial charge in [-0.2, -0.15) is 4.98 Å². The Hall–Kier alpha value is -1.47. The number of hydrogen-bond donors (Lipinski definition) is 1. The van der Waals surface area contributed by atoms with Crippen molar-refractivity contribution in [1.29, 1.82) is 0 Å². The van der Waals surface area contributed by atoms with Gasteiger partial charge in [0.05, 0.1) is 0 Å². The van der Waals surface area contributed by atoms with Crippen LogP contribution in [0.3, 0.4) is 0 Å². The monoisotopic (exact) mass is 337 g/mol. The molecule has 3 heterocycles. The summed E-state index contributed by atoms with van der Waals surface area (Å²) in [6.45, 7) is 7.90. The lowest BCUT2D eigenvalue weighted by molar-refractivity contribution is -0.141. The fourth-order valence-electron chi connectivity index (χ4n) is 3.29. The SMILES string of the molecule is CC(C)c1noc([C@@H](NC(=O)[C@@]2(C)CCCO2)C2CCOCC2)n1. The molecule has 2 fully saturated rings. The molecule has 0 bridgehead atoms. The lowest BCUT2D eigenvalue weighted by Gasteiger charge is -2.31. The van der Waals surface area contributed by atoms with E-state index in [0.717, 1.165) is 25.7 Å². The van der Waals surface area contributed by atoms with Gasteiger partial charge in [0.15, 0.2) is 5.82 Å². The molecule has 1 aromatic heterocycles. The predicted octanol–water partition coefficient (Wildman–Crippen LogP) is 2.35. The van der Waals surface area contributed by atoms with Crippen LogP contribution in [0.1, 0.15) is 70.1 Å². The molecule has 2 aliphatic rings. The Morgan fingerprint density at radius 3 is 2.62 bits per heavy atom. The zero-order valence-electron chi connectivity index (χ0n) is 14.7. The average molecular weight is 337 g/mol. The number of carbonyl (C=O) groups is 1. The maximum absolute atomic E-state index is 12.8. The highest BCUT2D eigenvalue weighted by Gasteiger charge is 2.41. The lowest BCUT2D eigenvalue weighted by atomic mass is 9.90. The van der Waals surface area contributed by atoms with Gasteiger partial charge in [-0.25, -0.2) is 0 Å². The minimum absolute atomic E-state index is 0.0965. The van der Waals surface area contributed by atoms with E-state index in [1.54, 1.807) is 0 Å². The molecule has 1 amide bonds. The average Bonchev–Trinajstić information content (AvgIpc) is 3.23.